The first-order valence-corrected chi connectivity index (χ1v) is 7.21. The zero-order chi connectivity index (χ0) is 14.0. The minimum Gasteiger partial charge on any atom is -0.387 e. The van der Waals surface area contributed by atoms with Gasteiger partial charge < -0.3 is 5.73 Å². The Morgan fingerprint density at radius 3 is 2.68 bits per heavy atom. The summed E-state index contributed by atoms with van der Waals surface area (Å²) in [5, 5.41) is 7.64. The maximum atomic E-state index is 13.5. The normalized spacial score (nSPS) is 19.3. The molecule has 0 radical (unpaired) electrons. The van der Waals surface area contributed by atoms with E-state index in [1.165, 1.54) is 6.07 Å². The molecule has 1 aromatic carbocycles. The molecule has 1 aromatic rings. The van der Waals surface area contributed by atoms with Crippen molar-refractivity contribution in [1.82, 2.24) is 4.90 Å². The summed E-state index contributed by atoms with van der Waals surface area (Å²) in [7, 11) is 0. The zero-order valence-corrected chi connectivity index (χ0v) is 12.6. The third-order valence-corrected chi connectivity index (χ3v) is 4.92. The van der Waals surface area contributed by atoms with Crippen LogP contribution in [0.2, 0.25) is 0 Å². The Balaban J connectivity index is 2.00. The minimum absolute atomic E-state index is 0.171. The van der Waals surface area contributed by atoms with Crippen molar-refractivity contribution in [2.45, 2.75) is 26.3 Å². The van der Waals surface area contributed by atoms with Crippen molar-refractivity contribution in [1.29, 1.82) is 5.41 Å². The van der Waals surface area contributed by atoms with E-state index in [-0.39, 0.29) is 17.1 Å². The van der Waals surface area contributed by atoms with E-state index in [4.69, 9.17) is 11.1 Å². The van der Waals surface area contributed by atoms with Gasteiger partial charge in [-0.25, -0.2) is 4.39 Å². The molecule has 3 N–H and O–H groups in total. The second-order valence-electron chi connectivity index (χ2n) is 5.46. The quantitative estimate of drug-likeness (QED) is 0.662. The summed E-state index contributed by atoms with van der Waals surface area (Å²) in [6, 6.07) is 5.13. The van der Waals surface area contributed by atoms with Crippen LogP contribution in [0.3, 0.4) is 0 Å². The summed E-state index contributed by atoms with van der Waals surface area (Å²) in [5.41, 5.74) is 6.44. The first-order chi connectivity index (χ1) is 8.92. The van der Waals surface area contributed by atoms with Gasteiger partial charge in [-0.2, -0.15) is 0 Å². The number of nitrogens with one attached hydrogen (secondary N) is 1. The monoisotopic (exact) mass is 327 g/mol. The first-order valence-electron chi connectivity index (χ1n) is 6.42. The molecule has 0 bridgehead atoms. The Bertz CT molecular complexity index is 482. The van der Waals surface area contributed by atoms with Gasteiger partial charge >= 0.3 is 0 Å². The van der Waals surface area contributed by atoms with Crippen LogP contribution >= 0.6 is 15.9 Å². The number of halogens is 2. The topological polar surface area (TPSA) is 53.1 Å². The van der Waals surface area contributed by atoms with Gasteiger partial charge in [0.05, 0.1) is 10.3 Å². The van der Waals surface area contributed by atoms with Crippen molar-refractivity contribution in [3.63, 3.8) is 0 Å². The smallest absolute Gasteiger partial charge is 0.137 e. The highest BCUT2D eigenvalue weighted by molar-refractivity contribution is 9.10. The van der Waals surface area contributed by atoms with Crippen molar-refractivity contribution in [3.8, 4) is 0 Å². The lowest BCUT2D eigenvalue weighted by molar-refractivity contribution is 0.155. The van der Waals surface area contributed by atoms with E-state index >= 15 is 0 Å². The van der Waals surface area contributed by atoms with Gasteiger partial charge in [0.1, 0.15) is 5.82 Å². The lowest BCUT2D eigenvalue weighted by atomic mass is 9.79. The van der Waals surface area contributed by atoms with E-state index in [0.717, 1.165) is 38.0 Å². The van der Waals surface area contributed by atoms with E-state index in [9.17, 15) is 4.39 Å². The van der Waals surface area contributed by atoms with E-state index in [2.05, 4.69) is 20.8 Å². The van der Waals surface area contributed by atoms with Gasteiger partial charge in [0.15, 0.2) is 0 Å². The summed E-state index contributed by atoms with van der Waals surface area (Å²) in [4.78, 5) is 2.28. The van der Waals surface area contributed by atoms with Gasteiger partial charge in [-0.1, -0.05) is 19.1 Å². The first kappa shape index (κ1) is 14.5. The Morgan fingerprint density at radius 1 is 1.47 bits per heavy atom. The predicted octanol–water partition coefficient (Wildman–Crippen LogP) is 3.13. The van der Waals surface area contributed by atoms with E-state index in [1.54, 1.807) is 6.07 Å². The van der Waals surface area contributed by atoms with Crippen LogP contribution in [0.4, 0.5) is 4.39 Å². The summed E-state index contributed by atoms with van der Waals surface area (Å²) in [6.07, 6.45) is 1.77. The molecule has 1 saturated heterocycles. The molecule has 0 atom stereocenters. The molecule has 19 heavy (non-hydrogen) atoms. The zero-order valence-electron chi connectivity index (χ0n) is 11.0. The van der Waals surface area contributed by atoms with Gasteiger partial charge in [-0.15, -0.1) is 0 Å². The summed E-state index contributed by atoms with van der Waals surface area (Å²) >= 11 is 3.30. The number of nitrogens with two attached hydrogens (primary N) is 1. The van der Waals surface area contributed by atoms with E-state index < -0.39 is 0 Å². The molecule has 0 saturated carbocycles. The predicted molar refractivity (Wildman–Crippen MR) is 78.6 cm³/mol. The molecule has 1 fully saturated rings. The SMILES string of the molecule is CC1(C(=N)N)CCN(Cc2cccc(F)c2Br)CC1. The molecular weight excluding hydrogens is 309 g/mol. The molecule has 1 heterocycles. The molecule has 0 unspecified atom stereocenters. The van der Waals surface area contributed by atoms with Gasteiger partial charge in [-0.3, -0.25) is 10.3 Å². The van der Waals surface area contributed by atoms with E-state index in [1.807, 2.05) is 13.0 Å². The van der Waals surface area contributed by atoms with Crippen molar-refractivity contribution < 1.29 is 4.39 Å². The lowest BCUT2D eigenvalue weighted by Gasteiger charge is -2.38. The number of rotatable bonds is 3. The number of piperidine rings is 1. The third-order valence-electron chi connectivity index (χ3n) is 4.04. The number of likely N-dealkylation sites (tertiary alicyclic amines) is 1. The summed E-state index contributed by atoms with van der Waals surface area (Å²) in [6.45, 7) is 4.55. The number of hydrogen-bond acceptors (Lipinski definition) is 2. The molecular formula is C14H19BrFN3. The maximum absolute atomic E-state index is 13.5. The van der Waals surface area contributed by atoms with Crippen molar-refractivity contribution in [3.05, 3.63) is 34.1 Å². The lowest BCUT2D eigenvalue weighted by Crippen LogP contribution is -2.44. The molecule has 2 rings (SSSR count). The Hall–Kier alpha value is -0.940. The van der Waals surface area contributed by atoms with Crippen LogP contribution in [-0.2, 0) is 6.54 Å². The van der Waals surface area contributed by atoms with Crippen LogP contribution in [0.1, 0.15) is 25.3 Å². The maximum Gasteiger partial charge on any atom is 0.137 e. The second-order valence-corrected chi connectivity index (χ2v) is 6.26. The van der Waals surface area contributed by atoms with Gasteiger partial charge in [0.2, 0.25) is 0 Å². The Morgan fingerprint density at radius 2 is 2.11 bits per heavy atom. The fraction of sp³-hybridized carbons (Fsp3) is 0.500. The van der Waals surface area contributed by atoms with E-state index in [0.29, 0.717) is 4.47 Å². The minimum atomic E-state index is -0.219. The molecule has 5 heteroatoms. The van der Waals surface area contributed by atoms with Crippen LogP contribution in [-0.4, -0.2) is 23.8 Å². The van der Waals surface area contributed by atoms with Crippen LogP contribution in [0, 0.1) is 16.6 Å². The molecule has 104 valence electrons. The second kappa shape index (κ2) is 5.59. The molecule has 1 aliphatic heterocycles. The molecule has 0 amide bonds. The van der Waals surface area contributed by atoms with Crippen LogP contribution in [0.15, 0.2) is 22.7 Å². The number of benzene rings is 1. The highest BCUT2D eigenvalue weighted by atomic mass is 79.9. The Labute approximate surface area is 121 Å². The summed E-state index contributed by atoms with van der Waals surface area (Å²) < 4.78 is 14.0. The molecule has 0 aliphatic carbocycles. The van der Waals surface area contributed by atoms with Crippen molar-refractivity contribution in [2.24, 2.45) is 11.1 Å². The third kappa shape index (κ3) is 3.15. The fourth-order valence-electron chi connectivity index (χ4n) is 2.39. The summed E-state index contributed by atoms with van der Waals surface area (Å²) in [5.74, 6) is 0.0576. The van der Waals surface area contributed by atoms with Gasteiger partial charge in [0.25, 0.3) is 0 Å². The van der Waals surface area contributed by atoms with Crippen LogP contribution < -0.4 is 5.73 Å². The standard InChI is InChI=1S/C14H19BrFN3/c1-14(13(17)18)5-7-19(8-6-14)9-10-3-2-4-11(16)12(10)15/h2-4H,5-9H2,1H3,(H3,17,18). The Kier molecular flexibility index (Phi) is 4.26. The largest absolute Gasteiger partial charge is 0.387 e. The molecule has 0 aromatic heterocycles. The highest BCUT2D eigenvalue weighted by Gasteiger charge is 2.32. The number of nitrogens with zero attached hydrogens (tertiary/aromatic N) is 1. The van der Waals surface area contributed by atoms with Crippen LogP contribution in [0.5, 0.6) is 0 Å². The average molecular weight is 328 g/mol. The fourth-order valence-corrected chi connectivity index (χ4v) is 2.78. The van der Waals surface area contributed by atoms with Gasteiger partial charge in [-0.05, 0) is 53.5 Å². The molecule has 3 nitrogen and oxygen atoms in total. The van der Waals surface area contributed by atoms with Crippen LogP contribution in [0.25, 0.3) is 0 Å². The molecule has 0 spiro atoms. The highest BCUT2D eigenvalue weighted by Crippen LogP contribution is 2.32. The number of hydrogen-bond donors (Lipinski definition) is 2. The van der Waals surface area contributed by atoms with Gasteiger partial charge in [0, 0.05) is 12.0 Å². The van der Waals surface area contributed by atoms with Crippen molar-refractivity contribution >= 4 is 21.8 Å². The average Bonchev–Trinajstić information content (AvgIpc) is 2.37. The van der Waals surface area contributed by atoms with Crippen molar-refractivity contribution in [2.75, 3.05) is 13.1 Å². The number of amidine groups is 1. The molecule has 1 aliphatic rings.